The van der Waals surface area contributed by atoms with Crippen molar-refractivity contribution >= 4 is 29.1 Å². The fourth-order valence-corrected chi connectivity index (χ4v) is 7.91. The topological polar surface area (TPSA) is 147 Å². The summed E-state index contributed by atoms with van der Waals surface area (Å²) in [5.41, 5.74) is 7.55. The van der Waals surface area contributed by atoms with Gasteiger partial charge in [-0.25, -0.2) is 18.6 Å². The summed E-state index contributed by atoms with van der Waals surface area (Å²) in [6.45, 7) is 0. The normalized spacial score (nSPS) is 11.7. The summed E-state index contributed by atoms with van der Waals surface area (Å²) in [6.07, 6.45) is 1.56. The SMILES string of the molecule is N/C=C(\NC(=O)c1ccccc1)[P+](c1ccccc1)(c1ccccc1)c1ccccc1.[O-][Cl+3]([O-])([O-])[O-]. The Hall–Kier alpha value is -3.55. The lowest BCUT2D eigenvalue weighted by molar-refractivity contribution is -2.00. The maximum Gasteiger partial charge on any atom is 0.258 e. The van der Waals surface area contributed by atoms with E-state index in [1.165, 1.54) is 0 Å². The highest BCUT2D eigenvalue weighted by Gasteiger charge is 2.50. The Morgan fingerprint density at radius 2 is 0.944 bits per heavy atom. The van der Waals surface area contributed by atoms with Gasteiger partial charge in [-0.15, -0.1) is 10.2 Å². The van der Waals surface area contributed by atoms with E-state index in [4.69, 9.17) is 24.4 Å². The molecule has 9 heteroatoms. The van der Waals surface area contributed by atoms with Gasteiger partial charge < -0.3 is 5.73 Å². The van der Waals surface area contributed by atoms with Gasteiger partial charge in [0, 0.05) is 5.56 Å². The largest absolute Gasteiger partial charge is 0.400 e. The summed E-state index contributed by atoms with van der Waals surface area (Å²) >= 11 is 0. The minimum atomic E-state index is -4.94. The van der Waals surface area contributed by atoms with Gasteiger partial charge in [-0.1, -0.05) is 72.8 Å². The van der Waals surface area contributed by atoms with Crippen molar-refractivity contribution in [3.8, 4) is 0 Å². The van der Waals surface area contributed by atoms with Crippen LogP contribution in [0.3, 0.4) is 0 Å². The van der Waals surface area contributed by atoms with Gasteiger partial charge in [0.05, 0.1) is 6.20 Å². The monoisotopic (exact) mass is 522 g/mol. The van der Waals surface area contributed by atoms with Crippen LogP contribution in [-0.2, 0) is 0 Å². The Kier molecular flexibility index (Phi) is 9.33. The lowest BCUT2D eigenvalue weighted by Gasteiger charge is -2.29. The molecule has 7 nitrogen and oxygen atoms in total. The molecular weight excluding hydrogens is 499 g/mol. The molecule has 4 aromatic carbocycles. The van der Waals surface area contributed by atoms with Crippen LogP contribution in [0.15, 0.2) is 133 Å². The first-order chi connectivity index (χ1) is 17.3. The van der Waals surface area contributed by atoms with E-state index in [0.29, 0.717) is 11.0 Å². The lowest BCUT2D eigenvalue weighted by atomic mass is 10.2. The first kappa shape index (κ1) is 27.0. The molecule has 0 heterocycles. The molecule has 36 heavy (non-hydrogen) atoms. The molecule has 4 rings (SSSR count). The van der Waals surface area contributed by atoms with Crippen LogP contribution in [-0.4, -0.2) is 5.91 Å². The van der Waals surface area contributed by atoms with Gasteiger partial charge in [0.1, 0.15) is 15.9 Å². The highest BCUT2D eigenvalue weighted by molar-refractivity contribution is 7.99. The molecule has 0 aliphatic carbocycles. The van der Waals surface area contributed by atoms with E-state index in [9.17, 15) is 4.79 Å². The Labute approximate surface area is 212 Å². The van der Waals surface area contributed by atoms with Crippen molar-refractivity contribution in [1.29, 1.82) is 0 Å². The predicted octanol–water partition coefficient (Wildman–Crippen LogP) is -0.588. The van der Waals surface area contributed by atoms with Gasteiger partial charge in [0.2, 0.25) is 0 Å². The number of hydrogen-bond acceptors (Lipinski definition) is 6. The van der Waals surface area contributed by atoms with Crippen LogP contribution in [0.5, 0.6) is 0 Å². The Morgan fingerprint density at radius 1 is 0.639 bits per heavy atom. The van der Waals surface area contributed by atoms with Gasteiger partial charge in [-0.05, 0) is 48.5 Å². The van der Waals surface area contributed by atoms with Crippen LogP contribution in [0, 0.1) is 10.2 Å². The summed E-state index contributed by atoms with van der Waals surface area (Å²) < 4.78 is 34.0. The van der Waals surface area contributed by atoms with Gasteiger partial charge in [-0.3, -0.25) is 10.1 Å². The van der Waals surface area contributed by atoms with Gasteiger partial charge in [0.25, 0.3) is 5.91 Å². The van der Waals surface area contributed by atoms with E-state index in [2.05, 4.69) is 41.7 Å². The molecule has 3 N–H and O–H groups in total. The number of rotatable bonds is 6. The Bertz CT molecular complexity index is 1170. The number of nitrogens with two attached hydrogens (primary N) is 1. The average molecular weight is 523 g/mol. The minimum Gasteiger partial charge on any atom is -0.400 e. The third kappa shape index (κ3) is 6.77. The second-order valence-electron chi connectivity index (χ2n) is 7.43. The maximum absolute atomic E-state index is 13.2. The van der Waals surface area contributed by atoms with Crippen molar-refractivity contribution in [3.63, 3.8) is 0 Å². The molecule has 0 bridgehead atoms. The number of amides is 1. The Morgan fingerprint density at radius 3 is 1.25 bits per heavy atom. The molecule has 1 amide bonds. The van der Waals surface area contributed by atoms with Crippen molar-refractivity contribution < 1.29 is 33.7 Å². The zero-order valence-corrected chi connectivity index (χ0v) is 20.7. The number of carbonyl (C=O) groups is 1. The van der Waals surface area contributed by atoms with Gasteiger partial charge in [0.15, 0.2) is 12.7 Å². The first-order valence-electron chi connectivity index (χ1n) is 10.7. The zero-order valence-electron chi connectivity index (χ0n) is 19.1. The summed E-state index contributed by atoms with van der Waals surface area (Å²) in [6, 6.07) is 40.1. The standard InChI is InChI=1S/C27H23N2OP.ClHO4/c28-21-26(29-27(30)22-13-5-1-6-14-22)31(23-15-7-2-8-16-23,24-17-9-3-10-18-24)25-19-11-4-12-20-25;2-1(3,4)5/h1-21H,28H2;(H,2,3,4,5)/b26-21+;. The smallest absolute Gasteiger partial charge is 0.258 e. The maximum atomic E-state index is 13.2. The van der Waals surface area contributed by atoms with Gasteiger partial charge in [-0.2, -0.15) is 0 Å². The molecule has 4 aromatic rings. The average Bonchev–Trinajstić information content (AvgIpc) is 2.90. The molecule has 0 unspecified atom stereocenters. The molecule has 0 saturated carbocycles. The number of nitrogens with one attached hydrogen (secondary N) is 1. The zero-order chi connectivity index (χ0) is 26.0. The summed E-state index contributed by atoms with van der Waals surface area (Å²) in [7, 11) is -7.38. The molecule has 0 radical (unpaired) electrons. The molecule has 0 atom stereocenters. The quantitative estimate of drug-likeness (QED) is 0.324. The van der Waals surface area contributed by atoms with Crippen LogP contribution in [0.2, 0.25) is 0 Å². The Balaban J connectivity index is 0.000000658. The van der Waals surface area contributed by atoms with E-state index in [1.807, 2.05) is 72.8 Å². The first-order valence-corrected chi connectivity index (χ1v) is 13.8. The van der Waals surface area contributed by atoms with Crippen molar-refractivity contribution in [3.05, 3.63) is 139 Å². The van der Waals surface area contributed by atoms with Crippen LogP contribution in [0.1, 0.15) is 10.4 Å². The second-order valence-corrected chi connectivity index (χ2v) is 11.6. The molecule has 0 aliphatic heterocycles. The van der Waals surface area contributed by atoms with Crippen LogP contribution >= 0.6 is 7.26 Å². The highest BCUT2D eigenvalue weighted by atomic mass is 35.7. The second kappa shape index (κ2) is 12.4. The van der Waals surface area contributed by atoms with Crippen molar-refractivity contribution in [2.45, 2.75) is 0 Å². The molecule has 0 spiro atoms. The highest BCUT2D eigenvalue weighted by Crippen LogP contribution is 2.61. The van der Waals surface area contributed by atoms with E-state index in [0.717, 1.165) is 15.9 Å². The number of carbonyl (C=O) groups excluding carboxylic acids is 1. The molecule has 184 valence electrons. The number of halogens is 1. The number of benzene rings is 4. The molecule has 0 fully saturated rings. The fraction of sp³-hybridized carbons (Fsp3) is 0. The van der Waals surface area contributed by atoms with Crippen molar-refractivity contribution in [2.24, 2.45) is 5.73 Å². The minimum absolute atomic E-state index is 0.176. The molecule has 0 aromatic heterocycles. The van der Waals surface area contributed by atoms with Crippen LogP contribution in [0.25, 0.3) is 0 Å². The third-order valence-corrected chi connectivity index (χ3v) is 9.43. The fourth-order valence-electron chi connectivity index (χ4n) is 3.83. The molecule has 0 aliphatic rings. The van der Waals surface area contributed by atoms with Crippen molar-refractivity contribution in [2.75, 3.05) is 0 Å². The van der Waals surface area contributed by atoms with Gasteiger partial charge >= 0.3 is 0 Å². The lowest BCUT2D eigenvalue weighted by Crippen LogP contribution is -2.68. The summed E-state index contributed by atoms with van der Waals surface area (Å²) in [5, 5.41) is 6.53. The predicted molar refractivity (Wildman–Crippen MR) is 131 cm³/mol. The van der Waals surface area contributed by atoms with E-state index in [1.54, 1.807) is 18.3 Å². The third-order valence-electron chi connectivity index (χ3n) is 5.23. The summed E-state index contributed by atoms with van der Waals surface area (Å²) in [5.74, 6) is -0.176. The number of hydrogen-bond donors (Lipinski definition) is 2. The molecule has 0 saturated heterocycles. The van der Waals surface area contributed by atoms with E-state index >= 15 is 0 Å². The van der Waals surface area contributed by atoms with E-state index in [-0.39, 0.29) is 5.91 Å². The van der Waals surface area contributed by atoms with E-state index < -0.39 is 17.5 Å². The van der Waals surface area contributed by atoms with Crippen LogP contribution < -0.4 is 45.6 Å². The summed E-state index contributed by atoms with van der Waals surface area (Å²) in [4.78, 5) is 13.2. The van der Waals surface area contributed by atoms with Crippen molar-refractivity contribution in [1.82, 2.24) is 5.32 Å². The molecular formula is C27H24ClN2O5P. The van der Waals surface area contributed by atoms with Crippen LogP contribution in [0.4, 0.5) is 0 Å².